The van der Waals surface area contributed by atoms with Gasteiger partial charge in [0, 0.05) is 30.1 Å². The number of nitrogens with zero attached hydrogens (tertiary/aromatic N) is 5. The molecule has 0 amide bonds. The zero-order chi connectivity index (χ0) is 19.0. The van der Waals surface area contributed by atoms with Crippen molar-refractivity contribution < 1.29 is 9.13 Å². The largest absolute Gasteiger partial charge is 0.475 e. The minimum Gasteiger partial charge on any atom is -0.475 e. The van der Waals surface area contributed by atoms with E-state index in [1.165, 1.54) is 11.3 Å². The maximum absolute atomic E-state index is 14.7. The molecule has 4 rings (SSSR count). The number of halogens is 1. The highest BCUT2D eigenvalue weighted by molar-refractivity contribution is 7.11. The van der Waals surface area contributed by atoms with E-state index in [9.17, 15) is 4.39 Å². The van der Waals surface area contributed by atoms with Crippen LogP contribution in [0.25, 0.3) is 0 Å². The van der Waals surface area contributed by atoms with Crippen LogP contribution in [0.1, 0.15) is 39.3 Å². The van der Waals surface area contributed by atoms with Gasteiger partial charge in [0.15, 0.2) is 0 Å². The third kappa shape index (κ3) is 4.39. The first-order chi connectivity index (χ1) is 13.0. The summed E-state index contributed by atoms with van der Waals surface area (Å²) < 4.78 is 20.4. The van der Waals surface area contributed by atoms with Gasteiger partial charge in [0.1, 0.15) is 10.0 Å². The maximum Gasteiger partial charge on any atom is 0.255 e. The van der Waals surface area contributed by atoms with E-state index in [-0.39, 0.29) is 30.1 Å². The Bertz CT molecular complexity index is 963. The summed E-state index contributed by atoms with van der Waals surface area (Å²) in [6.07, 6.45) is 3.03. The maximum atomic E-state index is 14.7. The van der Waals surface area contributed by atoms with Gasteiger partial charge in [-0.3, -0.25) is 4.98 Å². The topological polar surface area (TPSA) is 135 Å². The zero-order valence-electron chi connectivity index (χ0n) is 15.7. The smallest absolute Gasteiger partial charge is 0.255 e. The van der Waals surface area contributed by atoms with Crippen molar-refractivity contribution in [2.24, 2.45) is 5.92 Å². The van der Waals surface area contributed by atoms with Crippen molar-refractivity contribution in [1.29, 1.82) is 0 Å². The minimum absolute atomic E-state index is 0. The molecule has 2 atom stereocenters. The van der Waals surface area contributed by atoms with Gasteiger partial charge >= 0.3 is 0 Å². The number of aromatic nitrogens is 5. The summed E-state index contributed by atoms with van der Waals surface area (Å²) in [4.78, 5) is 12.4. The van der Waals surface area contributed by atoms with E-state index in [0.717, 1.165) is 22.7 Å². The number of rotatable bonds is 6. The Morgan fingerprint density at radius 1 is 1.25 bits per heavy atom. The molecule has 1 fully saturated rings. The van der Waals surface area contributed by atoms with Crippen LogP contribution >= 0.6 is 11.3 Å². The normalized spacial score (nSPS) is 17.8. The zero-order valence-corrected chi connectivity index (χ0v) is 16.5. The highest BCUT2D eigenvalue weighted by Gasteiger charge is 2.40. The Kier molecular flexibility index (Phi) is 5.80. The second-order valence-corrected chi connectivity index (χ2v) is 7.98. The lowest BCUT2D eigenvalue weighted by Crippen LogP contribution is -2.10. The fourth-order valence-electron chi connectivity index (χ4n) is 2.93. The van der Waals surface area contributed by atoms with Crippen LogP contribution in [0, 0.1) is 25.6 Å². The molecular formula is C18H22FN7OS. The van der Waals surface area contributed by atoms with Gasteiger partial charge in [-0.15, -0.1) is 21.5 Å². The lowest BCUT2D eigenvalue weighted by atomic mass is 10.2. The van der Waals surface area contributed by atoms with Crippen LogP contribution in [-0.4, -0.2) is 31.8 Å². The first-order valence-corrected chi connectivity index (χ1v) is 9.47. The number of hydrogen-bond donors (Lipinski definition) is 2. The Morgan fingerprint density at radius 3 is 2.75 bits per heavy atom. The van der Waals surface area contributed by atoms with Crippen molar-refractivity contribution >= 4 is 17.3 Å². The molecule has 1 saturated carbocycles. The minimum atomic E-state index is -0.595. The molecule has 0 radical (unpaired) electrons. The number of anilines is 1. The van der Waals surface area contributed by atoms with Crippen molar-refractivity contribution in [2.75, 3.05) is 12.3 Å². The van der Waals surface area contributed by atoms with Crippen LogP contribution < -0.4 is 16.6 Å². The van der Waals surface area contributed by atoms with Gasteiger partial charge in [0.05, 0.1) is 12.3 Å². The fraction of sp³-hybridized carbons (Fsp3) is 0.389. The van der Waals surface area contributed by atoms with Crippen LogP contribution in [0.4, 0.5) is 10.3 Å². The number of aryl methyl sites for hydroxylation is 2. The lowest BCUT2D eigenvalue weighted by Gasteiger charge is -2.09. The highest BCUT2D eigenvalue weighted by Crippen LogP contribution is 2.46. The molecule has 1 aliphatic carbocycles. The predicted molar refractivity (Wildman–Crippen MR) is 104 cm³/mol. The van der Waals surface area contributed by atoms with Crippen LogP contribution in [0.2, 0.25) is 0 Å². The van der Waals surface area contributed by atoms with E-state index in [0.29, 0.717) is 23.5 Å². The van der Waals surface area contributed by atoms with Crippen LogP contribution in [0.15, 0.2) is 18.3 Å². The summed E-state index contributed by atoms with van der Waals surface area (Å²) in [6, 6.07) is 4.08. The van der Waals surface area contributed by atoms with Gasteiger partial charge in [-0.25, -0.2) is 4.98 Å². The standard InChI is InChI=1S/C18H19FN6OS.H3N/c1-9-3-4-13(21-7-9)12-5-11(12)8-26-17-16(19)14(22-18(20)23-17)6-15-25-24-10(2)27-15;/h3-4,7,11-12H,5-6,8H2,1-2H3,(H2,20,22,23);1H3. The fourth-order valence-corrected chi connectivity index (χ4v) is 3.65. The second kappa shape index (κ2) is 8.11. The third-order valence-corrected chi connectivity index (χ3v) is 5.30. The Labute approximate surface area is 166 Å². The van der Waals surface area contributed by atoms with Gasteiger partial charge in [0.25, 0.3) is 5.88 Å². The average Bonchev–Trinajstić information content (AvgIpc) is 3.30. The van der Waals surface area contributed by atoms with E-state index in [4.69, 9.17) is 10.5 Å². The molecule has 3 aromatic heterocycles. The Morgan fingerprint density at radius 2 is 2.07 bits per heavy atom. The number of hydrogen-bond acceptors (Lipinski definition) is 9. The Hall–Kier alpha value is -2.72. The summed E-state index contributed by atoms with van der Waals surface area (Å²) in [6.45, 7) is 4.22. The molecule has 0 aliphatic heterocycles. The Balaban J connectivity index is 0.00000225. The first kappa shape index (κ1) is 20.0. The summed E-state index contributed by atoms with van der Waals surface area (Å²) in [5.41, 5.74) is 8.07. The van der Waals surface area contributed by atoms with Gasteiger partial charge in [0.2, 0.25) is 11.8 Å². The van der Waals surface area contributed by atoms with E-state index < -0.39 is 5.82 Å². The summed E-state index contributed by atoms with van der Waals surface area (Å²) in [5, 5.41) is 9.41. The average molecular weight is 403 g/mol. The molecule has 8 nitrogen and oxygen atoms in total. The molecule has 10 heteroatoms. The molecule has 0 aromatic carbocycles. The molecule has 0 bridgehead atoms. The van der Waals surface area contributed by atoms with E-state index in [1.807, 2.05) is 32.2 Å². The molecule has 1 aliphatic rings. The summed E-state index contributed by atoms with van der Waals surface area (Å²) in [5.74, 6) is -0.0825. The quantitative estimate of drug-likeness (QED) is 0.641. The predicted octanol–water partition coefficient (Wildman–Crippen LogP) is 3.00. The van der Waals surface area contributed by atoms with Gasteiger partial charge < -0.3 is 16.6 Å². The molecule has 0 saturated heterocycles. The van der Waals surface area contributed by atoms with Crippen molar-refractivity contribution in [3.05, 3.63) is 51.1 Å². The molecule has 28 heavy (non-hydrogen) atoms. The number of nitrogen functional groups attached to an aromatic ring is 1. The molecule has 5 N–H and O–H groups in total. The van der Waals surface area contributed by atoms with Gasteiger partial charge in [-0.05, 0) is 31.9 Å². The van der Waals surface area contributed by atoms with E-state index in [1.54, 1.807) is 0 Å². The van der Waals surface area contributed by atoms with Crippen molar-refractivity contribution in [3.8, 4) is 5.88 Å². The van der Waals surface area contributed by atoms with Crippen molar-refractivity contribution in [2.45, 2.75) is 32.6 Å². The van der Waals surface area contributed by atoms with Crippen LogP contribution in [0.5, 0.6) is 5.88 Å². The van der Waals surface area contributed by atoms with E-state index in [2.05, 4.69) is 25.1 Å². The van der Waals surface area contributed by atoms with Crippen LogP contribution in [0.3, 0.4) is 0 Å². The van der Waals surface area contributed by atoms with E-state index >= 15 is 0 Å². The SMILES string of the molecule is Cc1ccc(C2CC2COc2nc(N)nc(Cc3nnc(C)s3)c2F)nc1.N. The number of nitrogens with two attached hydrogens (primary N) is 1. The first-order valence-electron chi connectivity index (χ1n) is 8.66. The molecular weight excluding hydrogens is 381 g/mol. The monoisotopic (exact) mass is 403 g/mol. The second-order valence-electron chi connectivity index (χ2n) is 6.71. The lowest BCUT2D eigenvalue weighted by molar-refractivity contribution is 0.269. The molecule has 3 aromatic rings. The van der Waals surface area contributed by atoms with Crippen LogP contribution in [-0.2, 0) is 6.42 Å². The van der Waals surface area contributed by atoms with Crippen molar-refractivity contribution in [3.63, 3.8) is 0 Å². The van der Waals surface area contributed by atoms with Gasteiger partial charge in [-0.2, -0.15) is 9.37 Å². The number of ether oxygens (including phenoxy) is 1. The molecule has 3 heterocycles. The van der Waals surface area contributed by atoms with Crippen molar-refractivity contribution in [1.82, 2.24) is 31.3 Å². The molecule has 0 spiro atoms. The summed E-state index contributed by atoms with van der Waals surface area (Å²) in [7, 11) is 0. The third-order valence-electron chi connectivity index (χ3n) is 4.46. The molecule has 148 valence electrons. The highest BCUT2D eigenvalue weighted by atomic mass is 32.1. The summed E-state index contributed by atoms with van der Waals surface area (Å²) >= 11 is 1.39. The van der Waals surface area contributed by atoms with Gasteiger partial charge in [-0.1, -0.05) is 6.07 Å². The number of pyridine rings is 1. The molecule has 2 unspecified atom stereocenters.